The third kappa shape index (κ3) is 8.22. The maximum Gasteiger partial charge on any atom is 0.252 e. The van der Waals surface area contributed by atoms with Crippen molar-refractivity contribution in [2.75, 3.05) is 18.5 Å². The van der Waals surface area contributed by atoms with Gasteiger partial charge in [-0.25, -0.2) is 0 Å². The van der Waals surface area contributed by atoms with Crippen LogP contribution in [0, 0.1) is 5.92 Å². The molecule has 2 aromatic carbocycles. The average Bonchev–Trinajstić information content (AvgIpc) is 3.18. The number of amides is 2. The summed E-state index contributed by atoms with van der Waals surface area (Å²) in [5.41, 5.74) is 2.55. The second kappa shape index (κ2) is 13.5. The molecule has 0 unspecified atom stereocenters. The zero-order chi connectivity index (χ0) is 27.9. The van der Waals surface area contributed by atoms with Crippen LogP contribution in [0.25, 0.3) is 0 Å². The number of nitrogens with zero attached hydrogens (tertiary/aromatic N) is 1. The van der Waals surface area contributed by atoms with Crippen molar-refractivity contribution in [2.24, 2.45) is 5.92 Å². The Morgan fingerprint density at radius 1 is 1.08 bits per heavy atom. The summed E-state index contributed by atoms with van der Waals surface area (Å²) in [4.78, 5) is 38.0. The molecule has 0 spiro atoms. The molecular weight excluding hydrogens is 500 g/mol. The Kier molecular flexibility index (Phi) is 10.6. The van der Waals surface area contributed by atoms with E-state index in [-0.39, 0.29) is 49.1 Å². The normalized spacial score (nSPS) is 22.2. The second-order valence-electron chi connectivity index (χ2n) is 10.9. The van der Waals surface area contributed by atoms with Crippen LogP contribution >= 0.6 is 0 Å². The lowest BCUT2D eigenvalue weighted by atomic mass is 9.95. The molecule has 8 nitrogen and oxygen atoms in total. The van der Waals surface area contributed by atoms with Gasteiger partial charge < -0.3 is 30.0 Å². The highest BCUT2D eigenvalue weighted by atomic mass is 28.4. The fourth-order valence-corrected chi connectivity index (χ4v) is 8.09. The van der Waals surface area contributed by atoms with E-state index in [1.807, 2.05) is 61.6 Å². The molecule has 4 N–H and O–H groups in total. The van der Waals surface area contributed by atoms with E-state index in [2.05, 4.69) is 12.2 Å². The smallest absolute Gasteiger partial charge is 0.252 e. The number of nitrogens with one attached hydrogen (secondary N) is 1. The molecule has 2 aromatic rings. The minimum atomic E-state index is -2.65. The lowest BCUT2D eigenvalue weighted by molar-refractivity contribution is -0.135. The highest BCUT2D eigenvalue weighted by Gasteiger charge is 2.50. The molecule has 9 heteroatoms. The Morgan fingerprint density at radius 3 is 2.39 bits per heavy atom. The van der Waals surface area contributed by atoms with Crippen LogP contribution in [0.5, 0.6) is 0 Å². The third-order valence-corrected chi connectivity index (χ3v) is 9.85. The van der Waals surface area contributed by atoms with E-state index in [1.54, 1.807) is 11.0 Å². The summed E-state index contributed by atoms with van der Waals surface area (Å²) in [5, 5.41) is 21.7. The first-order valence-electron chi connectivity index (χ1n) is 13.4. The van der Waals surface area contributed by atoms with E-state index in [4.69, 9.17) is 4.74 Å². The van der Waals surface area contributed by atoms with E-state index >= 15 is 0 Å². The molecule has 1 heterocycles. The van der Waals surface area contributed by atoms with E-state index in [9.17, 15) is 24.6 Å². The molecule has 2 amide bonds. The van der Waals surface area contributed by atoms with Crippen LogP contribution in [-0.2, 0) is 27.3 Å². The summed E-state index contributed by atoms with van der Waals surface area (Å²) in [6.07, 6.45) is -0.00865. The van der Waals surface area contributed by atoms with Gasteiger partial charge in [-0.05, 0) is 62.0 Å². The van der Waals surface area contributed by atoms with Crippen LogP contribution in [0.2, 0.25) is 18.6 Å². The van der Waals surface area contributed by atoms with Crippen molar-refractivity contribution < 1.29 is 29.3 Å². The number of carbonyl (C=O) groups excluding carboxylic acids is 2. The summed E-state index contributed by atoms with van der Waals surface area (Å²) in [6.45, 7) is 7.86. The van der Waals surface area contributed by atoms with Crippen LogP contribution in [0.4, 0.5) is 5.69 Å². The average molecular weight is 543 g/mol. The molecule has 1 saturated heterocycles. The lowest BCUT2D eigenvalue weighted by Gasteiger charge is -2.31. The number of ether oxygens (including phenoxy) is 1. The van der Waals surface area contributed by atoms with Crippen molar-refractivity contribution in [3.8, 4) is 0 Å². The number of aryl methyl sites for hydroxylation is 1. The van der Waals surface area contributed by atoms with Crippen LogP contribution in [-0.4, -0.2) is 71.5 Å². The molecule has 208 valence electrons. The number of hydrogen-bond acceptors (Lipinski definition) is 6. The maximum atomic E-state index is 13.3. The lowest BCUT2D eigenvalue weighted by Crippen LogP contribution is -2.42. The highest BCUT2D eigenvalue weighted by Crippen LogP contribution is 2.45. The third-order valence-electron chi connectivity index (χ3n) is 7.32. The van der Waals surface area contributed by atoms with Crippen LogP contribution < -0.4 is 5.32 Å². The topological polar surface area (TPSA) is 119 Å². The maximum absolute atomic E-state index is 13.3. The SMILES string of the molecule is C[C@@H]1[C@@H]([Si](C)(C)O)[C@H](CC(=O)N(CCO)Cc2ccccc2)O[C@@H]1CCc1cccc(NC(=O)[C@H](C)O)c1. The van der Waals surface area contributed by atoms with Gasteiger partial charge in [0.25, 0.3) is 5.91 Å². The monoisotopic (exact) mass is 542 g/mol. The summed E-state index contributed by atoms with van der Waals surface area (Å²) in [7, 11) is -2.65. The molecular formula is C29H42N2O6Si. The summed E-state index contributed by atoms with van der Waals surface area (Å²) in [6, 6.07) is 17.2. The van der Waals surface area contributed by atoms with Gasteiger partial charge >= 0.3 is 0 Å². The Balaban J connectivity index is 1.68. The molecule has 1 aliphatic heterocycles. The van der Waals surface area contributed by atoms with Crippen LogP contribution in [0.1, 0.15) is 37.8 Å². The molecule has 0 aromatic heterocycles. The number of anilines is 1. The van der Waals surface area contributed by atoms with E-state index in [1.165, 1.54) is 6.92 Å². The molecule has 0 aliphatic carbocycles. The first kappa shape index (κ1) is 30.0. The Bertz CT molecular complexity index is 1060. The molecule has 38 heavy (non-hydrogen) atoms. The van der Waals surface area contributed by atoms with Crippen molar-refractivity contribution in [3.63, 3.8) is 0 Å². The molecule has 1 aliphatic rings. The second-order valence-corrected chi connectivity index (χ2v) is 14.9. The number of rotatable bonds is 12. The number of carbonyl (C=O) groups is 2. The van der Waals surface area contributed by atoms with E-state index in [0.717, 1.165) is 11.1 Å². The standard InChI is InChI=1S/C29H42N2O6Si/c1-20-25(14-13-22-11-8-12-24(17-22)30-29(35)21(2)33)37-26(28(20)38(3,4)36)18-27(34)31(15-16-32)19-23-9-6-5-7-10-23/h5-12,17,20-21,25-26,28,32-33,36H,13-16,18-19H2,1-4H3,(H,30,35)/t20-,21-,25+,26-,28+/m0/s1. The van der Waals surface area contributed by atoms with Gasteiger partial charge in [0.15, 0.2) is 8.32 Å². The molecule has 0 radical (unpaired) electrons. The summed E-state index contributed by atoms with van der Waals surface area (Å²) >= 11 is 0. The van der Waals surface area contributed by atoms with Crippen molar-refractivity contribution in [3.05, 3.63) is 65.7 Å². The van der Waals surface area contributed by atoms with Crippen molar-refractivity contribution in [2.45, 2.75) is 76.6 Å². The largest absolute Gasteiger partial charge is 0.432 e. The first-order valence-corrected chi connectivity index (χ1v) is 16.4. The number of hydrogen-bond donors (Lipinski definition) is 4. The zero-order valence-electron chi connectivity index (χ0n) is 22.8. The van der Waals surface area contributed by atoms with Gasteiger partial charge in [0, 0.05) is 24.3 Å². The van der Waals surface area contributed by atoms with Gasteiger partial charge in [-0.1, -0.05) is 49.4 Å². The van der Waals surface area contributed by atoms with E-state index < -0.39 is 20.3 Å². The predicted octanol–water partition coefficient (Wildman–Crippen LogP) is 3.32. The Labute approximate surface area is 226 Å². The molecule has 1 fully saturated rings. The fraction of sp³-hybridized carbons (Fsp3) is 0.517. The molecule has 0 saturated carbocycles. The minimum absolute atomic E-state index is 0.0815. The number of benzene rings is 2. The van der Waals surface area contributed by atoms with E-state index in [0.29, 0.717) is 25.1 Å². The van der Waals surface area contributed by atoms with Gasteiger partial charge in [-0.3, -0.25) is 9.59 Å². The van der Waals surface area contributed by atoms with Gasteiger partial charge in [0.2, 0.25) is 5.91 Å². The molecule has 5 atom stereocenters. The summed E-state index contributed by atoms with van der Waals surface area (Å²) < 4.78 is 6.47. The highest BCUT2D eigenvalue weighted by molar-refractivity contribution is 6.71. The Hall–Kier alpha value is -2.56. The molecule has 0 bridgehead atoms. The Morgan fingerprint density at radius 2 is 1.76 bits per heavy atom. The zero-order valence-corrected chi connectivity index (χ0v) is 23.8. The van der Waals surface area contributed by atoms with Gasteiger partial charge in [-0.2, -0.15) is 0 Å². The van der Waals surface area contributed by atoms with Crippen LogP contribution in [0.3, 0.4) is 0 Å². The molecule has 3 rings (SSSR count). The predicted molar refractivity (Wildman–Crippen MR) is 150 cm³/mol. The van der Waals surface area contributed by atoms with Crippen molar-refractivity contribution in [1.29, 1.82) is 0 Å². The van der Waals surface area contributed by atoms with Gasteiger partial charge in [0.1, 0.15) is 6.10 Å². The van der Waals surface area contributed by atoms with Gasteiger partial charge in [-0.15, -0.1) is 0 Å². The van der Waals surface area contributed by atoms with Gasteiger partial charge in [0.05, 0.1) is 25.2 Å². The number of aliphatic hydroxyl groups is 2. The first-order chi connectivity index (χ1) is 18.0. The summed E-state index contributed by atoms with van der Waals surface area (Å²) in [5.74, 6) is -0.466. The fourth-order valence-electron chi connectivity index (χ4n) is 5.49. The quantitative estimate of drug-likeness (QED) is 0.306. The number of aliphatic hydroxyl groups excluding tert-OH is 2. The van der Waals surface area contributed by atoms with Crippen LogP contribution in [0.15, 0.2) is 54.6 Å². The van der Waals surface area contributed by atoms with Crippen molar-refractivity contribution >= 4 is 25.8 Å². The minimum Gasteiger partial charge on any atom is -0.432 e. The van der Waals surface area contributed by atoms with Crippen molar-refractivity contribution in [1.82, 2.24) is 4.90 Å².